The summed E-state index contributed by atoms with van der Waals surface area (Å²) in [7, 11) is 0. The summed E-state index contributed by atoms with van der Waals surface area (Å²) in [5, 5.41) is 11.0. The van der Waals surface area contributed by atoms with Crippen LogP contribution in [0.2, 0.25) is 0 Å². The average molecular weight is 289 g/mol. The minimum atomic E-state index is -1.04. The summed E-state index contributed by atoms with van der Waals surface area (Å²) in [5.41, 5.74) is 1.60. The highest BCUT2D eigenvalue weighted by Crippen LogP contribution is 2.24. The van der Waals surface area contributed by atoms with Gasteiger partial charge in [0, 0.05) is 12.1 Å². The maximum atomic E-state index is 12.0. The Morgan fingerprint density at radius 1 is 1.19 bits per heavy atom. The molecule has 1 amide bonds. The molecular formula is C15H15NO5. The van der Waals surface area contributed by atoms with Crippen LogP contribution in [0, 0.1) is 0 Å². The Morgan fingerprint density at radius 3 is 2.67 bits per heavy atom. The predicted molar refractivity (Wildman–Crippen MR) is 74.9 cm³/mol. The first-order chi connectivity index (χ1) is 10.2. The predicted octanol–water partition coefficient (Wildman–Crippen LogP) is 1.78. The van der Waals surface area contributed by atoms with Crippen molar-refractivity contribution in [2.75, 3.05) is 19.8 Å². The summed E-state index contributed by atoms with van der Waals surface area (Å²) in [6.07, 6.45) is 1.46. The molecule has 2 rings (SSSR count). The van der Waals surface area contributed by atoms with Gasteiger partial charge in [-0.1, -0.05) is 30.3 Å². The summed E-state index contributed by atoms with van der Waals surface area (Å²) < 4.78 is 10.1. The largest absolute Gasteiger partial charge is 0.480 e. The number of amides is 1. The molecule has 2 N–H and O–H groups in total. The van der Waals surface area contributed by atoms with Gasteiger partial charge in [-0.15, -0.1) is 0 Å². The fourth-order valence-corrected chi connectivity index (χ4v) is 1.81. The molecule has 0 aliphatic rings. The van der Waals surface area contributed by atoms with E-state index in [0.717, 1.165) is 5.56 Å². The van der Waals surface area contributed by atoms with Gasteiger partial charge in [-0.3, -0.25) is 4.79 Å². The zero-order valence-corrected chi connectivity index (χ0v) is 11.2. The Labute approximate surface area is 121 Å². The highest BCUT2D eigenvalue weighted by atomic mass is 16.5. The summed E-state index contributed by atoms with van der Waals surface area (Å²) in [4.78, 5) is 22.3. The molecule has 6 heteroatoms. The van der Waals surface area contributed by atoms with E-state index in [1.165, 1.54) is 6.26 Å². The number of rotatable bonds is 7. The quantitative estimate of drug-likeness (QED) is 0.758. The van der Waals surface area contributed by atoms with Crippen LogP contribution in [0.5, 0.6) is 0 Å². The summed E-state index contributed by atoms with van der Waals surface area (Å²) in [6.45, 7) is -0.0493. The van der Waals surface area contributed by atoms with Crippen molar-refractivity contribution < 1.29 is 23.8 Å². The molecule has 0 fully saturated rings. The van der Waals surface area contributed by atoms with Crippen LogP contribution < -0.4 is 5.32 Å². The SMILES string of the molecule is O=C(O)COCCNC(=O)c1occc1-c1ccccc1. The summed E-state index contributed by atoms with van der Waals surface area (Å²) >= 11 is 0. The molecule has 0 bridgehead atoms. The van der Waals surface area contributed by atoms with Crippen molar-refractivity contribution in [3.63, 3.8) is 0 Å². The Morgan fingerprint density at radius 2 is 1.95 bits per heavy atom. The van der Waals surface area contributed by atoms with Crippen LogP contribution >= 0.6 is 0 Å². The van der Waals surface area contributed by atoms with Crippen molar-refractivity contribution in [1.82, 2.24) is 5.32 Å². The molecule has 0 aliphatic carbocycles. The first-order valence-corrected chi connectivity index (χ1v) is 6.39. The number of benzene rings is 1. The van der Waals surface area contributed by atoms with Gasteiger partial charge in [0.2, 0.25) is 0 Å². The van der Waals surface area contributed by atoms with Crippen LogP contribution in [-0.2, 0) is 9.53 Å². The number of carboxylic acid groups (broad SMARTS) is 1. The molecule has 0 saturated heterocycles. The maximum absolute atomic E-state index is 12.0. The number of carbonyl (C=O) groups is 2. The fourth-order valence-electron chi connectivity index (χ4n) is 1.81. The molecular weight excluding hydrogens is 274 g/mol. The molecule has 110 valence electrons. The Kier molecular flexibility index (Phi) is 5.11. The Balaban J connectivity index is 1.92. The van der Waals surface area contributed by atoms with Gasteiger partial charge >= 0.3 is 5.97 Å². The molecule has 0 aliphatic heterocycles. The molecule has 0 spiro atoms. The van der Waals surface area contributed by atoms with E-state index in [9.17, 15) is 9.59 Å². The molecule has 0 radical (unpaired) electrons. The zero-order chi connectivity index (χ0) is 15.1. The van der Waals surface area contributed by atoms with E-state index in [4.69, 9.17) is 14.3 Å². The first-order valence-electron chi connectivity index (χ1n) is 6.39. The number of ether oxygens (including phenoxy) is 1. The molecule has 1 aromatic heterocycles. The minimum Gasteiger partial charge on any atom is -0.480 e. The molecule has 0 unspecified atom stereocenters. The lowest BCUT2D eigenvalue weighted by Gasteiger charge is -2.05. The minimum absolute atomic E-state index is 0.124. The van der Waals surface area contributed by atoms with Crippen molar-refractivity contribution in [2.45, 2.75) is 0 Å². The molecule has 21 heavy (non-hydrogen) atoms. The smallest absolute Gasteiger partial charge is 0.329 e. The first kappa shape index (κ1) is 14.8. The lowest BCUT2D eigenvalue weighted by atomic mass is 10.1. The Bertz CT molecular complexity index is 606. The van der Waals surface area contributed by atoms with Gasteiger partial charge in [0.15, 0.2) is 5.76 Å². The van der Waals surface area contributed by atoms with Crippen molar-refractivity contribution in [1.29, 1.82) is 0 Å². The van der Waals surface area contributed by atoms with Crippen molar-refractivity contribution in [3.05, 3.63) is 48.4 Å². The third-order valence-corrected chi connectivity index (χ3v) is 2.71. The topological polar surface area (TPSA) is 88.8 Å². The average Bonchev–Trinajstić information content (AvgIpc) is 2.97. The number of furan rings is 1. The van der Waals surface area contributed by atoms with Crippen LogP contribution in [0.3, 0.4) is 0 Å². The highest BCUT2D eigenvalue weighted by molar-refractivity contribution is 5.98. The Hall–Kier alpha value is -2.60. The molecule has 2 aromatic rings. The van der Waals surface area contributed by atoms with E-state index in [-0.39, 0.29) is 31.4 Å². The number of hydrogen-bond acceptors (Lipinski definition) is 4. The highest BCUT2D eigenvalue weighted by Gasteiger charge is 2.16. The van der Waals surface area contributed by atoms with Crippen LogP contribution in [-0.4, -0.2) is 36.7 Å². The fraction of sp³-hybridized carbons (Fsp3) is 0.200. The molecule has 1 aromatic carbocycles. The van der Waals surface area contributed by atoms with Crippen LogP contribution in [0.15, 0.2) is 47.1 Å². The number of aliphatic carboxylic acids is 1. The van der Waals surface area contributed by atoms with Gasteiger partial charge in [-0.05, 0) is 11.6 Å². The maximum Gasteiger partial charge on any atom is 0.329 e. The molecule has 6 nitrogen and oxygen atoms in total. The third-order valence-electron chi connectivity index (χ3n) is 2.71. The zero-order valence-electron chi connectivity index (χ0n) is 11.2. The monoisotopic (exact) mass is 289 g/mol. The number of hydrogen-bond donors (Lipinski definition) is 2. The number of nitrogens with one attached hydrogen (secondary N) is 1. The third kappa shape index (κ3) is 4.19. The summed E-state index contributed by atoms with van der Waals surface area (Å²) in [6, 6.07) is 11.1. The van der Waals surface area contributed by atoms with Gasteiger partial charge in [0.05, 0.1) is 12.9 Å². The van der Waals surface area contributed by atoms with Gasteiger partial charge in [-0.25, -0.2) is 4.79 Å². The molecule has 1 heterocycles. The standard InChI is InChI=1S/C15H15NO5/c17-13(18)10-20-9-7-16-15(19)14-12(6-8-21-14)11-4-2-1-3-5-11/h1-6,8H,7,9-10H2,(H,16,19)(H,17,18). The van der Waals surface area contributed by atoms with E-state index in [0.29, 0.717) is 5.56 Å². The van der Waals surface area contributed by atoms with Gasteiger partial charge < -0.3 is 19.6 Å². The van der Waals surface area contributed by atoms with E-state index in [1.54, 1.807) is 6.07 Å². The lowest BCUT2D eigenvalue weighted by Crippen LogP contribution is -2.28. The molecule has 0 atom stereocenters. The summed E-state index contributed by atoms with van der Waals surface area (Å²) in [5.74, 6) is -1.18. The van der Waals surface area contributed by atoms with Gasteiger partial charge in [-0.2, -0.15) is 0 Å². The lowest BCUT2D eigenvalue weighted by molar-refractivity contribution is -0.142. The van der Waals surface area contributed by atoms with Crippen molar-refractivity contribution in [2.24, 2.45) is 0 Å². The van der Waals surface area contributed by atoms with Crippen molar-refractivity contribution >= 4 is 11.9 Å². The van der Waals surface area contributed by atoms with Gasteiger partial charge in [0.25, 0.3) is 5.91 Å². The van der Waals surface area contributed by atoms with E-state index in [2.05, 4.69) is 5.32 Å². The number of carboxylic acids is 1. The molecule has 0 saturated carbocycles. The van der Waals surface area contributed by atoms with Crippen LogP contribution in [0.4, 0.5) is 0 Å². The van der Waals surface area contributed by atoms with E-state index < -0.39 is 5.97 Å². The van der Waals surface area contributed by atoms with E-state index >= 15 is 0 Å². The second-order valence-corrected chi connectivity index (χ2v) is 4.23. The second kappa shape index (κ2) is 7.25. The van der Waals surface area contributed by atoms with Crippen LogP contribution in [0.1, 0.15) is 10.6 Å². The van der Waals surface area contributed by atoms with Gasteiger partial charge in [0.1, 0.15) is 6.61 Å². The van der Waals surface area contributed by atoms with E-state index in [1.807, 2.05) is 30.3 Å². The second-order valence-electron chi connectivity index (χ2n) is 4.23. The number of carbonyl (C=O) groups excluding carboxylic acids is 1. The van der Waals surface area contributed by atoms with Crippen LogP contribution in [0.25, 0.3) is 11.1 Å². The van der Waals surface area contributed by atoms with Crippen molar-refractivity contribution in [3.8, 4) is 11.1 Å². The normalized spacial score (nSPS) is 10.3.